The highest BCUT2D eigenvalue weighted by Crippen LogP contribution is 2.35. The van der Waals surface area contributed by atoms with Crippen molar-refractivity contribution in [3.63, 3.8) is 0 Å². The van der Waals surface area contributed by atoms with Gasteiger partial charge in [-0.25, -0.2) is 0 Å². The summed E-state index contributed by atoms with van der Waals surface area (Å²) in [5.74, 6) is 1.23. The minimum atomic E-state index is 0.00762. The lowest BCUT2D eigenvalue weighted by Crippen LogP contribution is -2.43. The minimum Gasteiger partial charge on any atom is -0.382 e. The molecule has 1 aromatic carbocycles. The number of hydrogen-bond acceptors (Lipinski definition) is 4. The zero-order chi connectivity index (χ0) is 15.8. The fourth-order valence-electron chi connectivity index (χ4n) is 3.87. The summed E-state index contributed by atoms with van der Waals surface area (Å²) in [6.07, 6.45) is 8.90. The van der Waals surface area contributed by atoms with Gasteiger partial charge in [-0.05, 0) is 42.9 Å². The molecule has 0 bridgehead atoms. The number of nitrogens with one attached hydrogen (secondary N) is 2. The van der Waals surface area contributed by atoms with E-state index in [4.69, 9.17) is 5.73 Å². The first-order valence-electron chi connectivity index (χ1n) is 8.61. The summed E-state index contributed by atoms with van der Waals surface area (Å²) in [6, 6.07) is 8.68. The molecule has 1 unspecified atom stereocenters. The lowest BCUT2D eigenvalue weighted by Gasteiger charge is -2.32. The normalized spacial score (nSPS) is 24.5. The van der Waals surface area contributed by atoms with Crippen LogP contribution in [0.25, 0.3) is 5.57 Å². The molecule has 1 fully saturated rings. The van der Waals surface area contributed by atoms with E-state index in [2.05, 4.69) is 53.1 Å². The van der Waals surface area contributed by atoms with Gasteiger partial charge in [-0.2, -0.15) is 5.10 Å². The zero-order valence-corrected chi connectivity index (χ0v) is 13.6. The van der Waals surface area contributed by atoms with Gasteiger partial charge in [-0.15, -0.1) is 0 Å². The Morgan fingerprint density at radius 2 is 1.83 bits per heavy atom. The molecule has 4 nitrogen and oxygen atoms in total. The van der Waals surface area contributed by atoms with Crippen molar-refractivity contribution in [2.75, 3.05) is 0 Å². The van der Waals surface area contributed by atoms with E-state index in [1.165, 1.54) is 54.5 Å². The predicted molar refractivity (Wildman–Crippen MR) is 94.4 cm³/mol. The first-order chi connectivity index (χ1) is 11.2. The number of nitrogens with zero attached hydrogens (tertiary/aromatic N) is 1. The Hall–Kier alpha value is -2.23. The Morgan fingerprint density at radius 3 is 2.57 bits per heavy atom. The minimum absolute atomic E-state index is 0.00762. The average Bonchev–Trinajstić information content (AvgIpc) is 2.97. The summed E-state index contributed by atoms with van der Waals surface area (Å²) >= 11 is 0. The fourth-order valence-corrected chi connectivity index (χ4v) is 3.87. The maximum absolute atomic E-state index is 6.13. The Bertz CT molecular complexity index is 691. The van der Waals surface area contributed by atoms with Crippen molar-refractivity contribution in [3.05, 3.63) is 52.7 Å². The van der Waals surface area contributed by atoms with Crippen LogP contribution in [0, 0.1) is 12.8 Å². The van der Waals surface area contributed by atoms with Gasteiger partial charge in [0.25, 0.3) is 0 Å². The first-order valence-corrected chi connectivity index (χ1v) is 8.61. The van der Waals surface area contributed by atoms with Crippen molar-refractivity contribution in [2.24, 2.45) is 16.8 Å². The number of dihydropyridines is 1. The summed E-state index contributed by atoms with van der Waals surface area (Å²) in [7, 11) is 0. The molecule has 0 amide bonds. The van der Waals surface area contributed by atoms with E-state index < -0.39 is 0 Å². The molecule has 3 aliphatic rings. The molecule has 2 aliphatic heterocycles. The van der Waals surface area contributed by atoms with Crippen LogP contribution < -0.4 is 16.5 Å². The summed E-state index contributed by atoms with van der Waals surface area (Å²) in [5, 5.41) is 7.87. The van der Waals surface area contributed by atoms with Gasteiger partial charge < -0.3 is 11.1 Å². The molecule has 1 aromatic rings. The quantitative estimate of drug-likeness (QED) is 0.787. The third kappa shape index (κ3) is 2.62. The summed E-state index contributed by atoms with van der Waals surface area (Å²) in [5.41, 5.74) is 15.4. The van der Waals surface area contributed by atoms with Crippen LogP contribution in [0.5, 0.6) is 0 Å². The van der Waals surface area contributed by atoms with Gasteiger partial charge in [0.15, 0.2) is 5.84 Å². The number of benzene rings is 1. The summed E-state index contributed by atoms with van der Waals surface area (Å²) in [4.78, 5) is 0. The van der Waals surface area contributed by atoms with Crippen molar-refractivity contribution in [1.82, 2.24) is 10.7 Å². The van der Waals surface area contributed by atoms with Crippen molar-refractivity contribution in [2.45, 2.75) is 45.2 Å². The maximum atomic E-state index is 6.13. The predicted octanol–water partition coefficient (Wildman–Crippen LogP) is 3.02. The van der Waals surface area contributed by atoms with Crippen molar-refractivity contribution < 1.29 is 0 Å². The second-order valence-electron chi connectivity index (χ2n) is 6.83. The zero-order valence-electron chi connectivity index (χ0n) is 13.6. The van der Waals surface area contributed by atoms with Crippen molar-refractivity contribution >= 4 is 11.4 Å². The van der Waals surface area contributed by atoms with Crippen LogP contribution in [0.1, 0.15) is 43.2 Å². The van der Waals surface area contributed by atoms with E-state index >= 15 is 0 Å². The molecule has 0 saturated heterocycles. The molecule has 1 aliphatic carbocycles. The van der Waals surface area contributed by atoms with E-state index in [0.29, 0.717) is 11.8 Å². The van der Waals surface area contributed by atoms with Crippen molar-refractivity contribution in [1.29, 1.82) is 0 Å². The van der Waals surface area contributed by atoms with Gasteiger partial charge in [-0.1, -0.05) is 49.1 Å². The molecular weight excluding hydrogens is 284 g/mol. The summed E-state index contributed by atoms with van der Waals surface area (Å²) in [6.45, 7) is 2.11. The molecule has 0 aromatic heterocycles. The number of aryl methyl sites for hydroxylation is 1. The molecule has 4 heteroatoms. The smallest absolute Gasteiger partial charge is 0.151 e. The third-order valence-corrected chi connectivity index (χ3v) is 5.19. The van der Waals surface area contributed by atoms with Crippen LogP contribution in [0.3, 0.4) is 0 Å². The van der Waals surface area contributed by atoms with Gasteiger partial charge in [0.05, 0.1) is 0 Å². The molecular formula is C19H24N4. The number of amidine groups is 1. The Balaban J connectivity index is 1.76. The molecule has 23 heavy (non-hydrogen) atoms. The van der Waals surface area contributed by atoms with Gasteiger partial charge in [0.2, 0.25) is 0 Å². The lowest BCUT2D eigenvalue weighted by molar-refractivity contribution is 0.373. The molecule has 2 heterocycles. The number of allylic oxidation sites excluding steroid dienone is 3. The maximum Gasteiger partial charge on any atom is 0.151 e. The fraction of sp³-hybridized carbons (Fsp3) is 0.421. The average molecular weight is 308 g/mol. The molecule has 0 radical (unpaired) electrons. The van der Waals surface area contributed by atoms with Crippen LogP contribution in [-0.2, 0) is 0 Å². The Labute approximate surface area is 137 Å². The van der Waals surface area contributed by atoms with Gasteiger partial charge in [0.1, 0.15) is 6.17 Å². The highest BCUT2D eigenvalue weighted by atomic mass is 15.4. The molecule has 1 saturated carbocycles. The van der Waals surface area contributed by atoms with Crippen LogP contribution in [0.4, 0.5) is 0 Å². The molecule has 4 rings (SSSR count). The highest BCUT2D eigenvalue weighted by molar-refractivity contribution is 6.08. The third-order valence-electron chi connectivity index (χ3n) is 5.19. The number of nitrogens with two attached hydrogens (primary N) is 1. The number of fused-ring (bicyclic) bond motifs is 1. The molecule has 120 valence electrons. The van der Waals surface area contributed by atoms with E-state index in [9.17, 15) is 0 Å². The largest absolute Gasteiger partial charge is 0.382 e. The van der Waals surface area contributed by atoms with E-state index in [0.717, 1.165) is 5.57 Å². The van der Waals surface area contributed by atoms with Crippen LogP contribution in [0.15, 0.2) is 46.7 Å². The number of rotatable bonds is 2. The molecule has 4 N–H and O–H groups in total. The number of hydrogen-bond donors (Lipinski definition) is 3. The SMILES string of the molecule is Cc1ccc(C2=C3C(N)=NNC3NC(C3CCCCC3)=C2)cc1. The van der Waals surface area contributed by atoms with Gasteiger partial charge in [0, 0.05) is 11.3 Å². The van der Waals surface area contributed by atoms with Crippen LogP contribution >= 0.6 is 0 Å². The van der Waals surface area contributed by atoms with E-state index in [1.807, 2.05) is 0 Å². The van der Waals surface area contributed by atoms with E-state index in [1.54, 1.807) is 0 Å². The molecule has 1 atom stereocenters. The van der Waals surface area contributed by atoms with Gasteiger partial charge in [-0.3, -0.25) is 5.43 Å². The number of hydrazone groups is 1. The monoisotopic (exact) mass is 308 g/mol. The first kappa shape index (κ1) is 14.4. The van der Waals surface area contributed by atoms with Crippen molar-refractivity contribution in [3.8, 4) is 0 Å². The van der Waals surface area contributed by atoms with E-state index in [-0.39, 0.29) is 6.17 Å². The highest BCUT2D eigenvalue weighted by Gasteiger charge is 2.32. The van der Waals surface area contributed by atoms with Crippen LogP contribution in [-0.4, -0.2) is 12.0 Å². The summed E-state index contributed by atoms with van der Waals surface area (Å²) < 4.78 is 0. The van der Waals surface area contributed by atoms with Gasteiger partial charge >= 0.3 is 0 Å². The Kier molecular flexibility index (Phi) is 3.60. The molecule has 0 spiro atoms. The second kappa shape index (κ2) is 5.76. The Morgan fingerprint density at radius 1 is 1.09 bits per heavy atom. The van der Waals surface area contributed by atoms with Crippen LogP contribution in [0.2, 0.25) is 0 Å². The topological polar surface area (TPSA) is 62.4 Å². The lowest BCUT2D eigenvalue weighted by atomic mass is 9.83. The second-order valence-corrected chi connectivity index (χ2v) is 6.83. The standard InChI is InChI=1S/C19H24N4/c1-12-7-9-13(10-8-12)15-11-16(14-5-3-2-4-6-14)21-19-17(15)18(20)22-23-19/h7-11,14,19,21,23H,2-6H2,1H3,(H2,20,22).